The highest BCUT2D eigenvalue weighted by Gasteiger charge is 2.22. The first-order chi connectivity index (χ1) is 9.67. The highest BCUT2D eigenvalue weighted by atomic mass is 15.1. The number of benzene rings is 1. The van der Waals surface area contributed by atoms with Crippen molar-refractivity contribution in [3.05, 3.63) is 35.4 Å². The lowest BCUT2D eigenvalue weighted by Crippen LogP contribution is -2.38. The third kappa shape index (κ3) is 3.82. The van der Waals surface area contributed by atoms with Gasteiger partial charge in [0, 0.05) is 13.1 Å². The van der Waals surface area contributed by atoms with Crippen molar-refractivity contribution in [2.45, 2.75) is 44.6 Å². The Labute approximate surface area is 122 Å². The van der Waals surface area contributed by atoms with Gasteiger partial charge in [-0.1, -0.05) is 31.2 Å². The average Bonchev–Trinajstić information content (AvgIpc) is 2.70. The molecule has 0 amide bonds. The molecule has 1 aliphatic rings. The van der Waals surface area contributed by atoms with Gasteiger partial charge in [-0.2, -0.15) is 5.26 Å². The van der Waals surface area contributed by atoms with Crippen molar-refractivity contribution in [3.63, 3.8) is 0 Å². The standard InChI is InChI=1S/C17H25N3/c1-2-17(19,14-18)10-5-11-20-12-8-15-6-3-4-7-16(15)9-13-20/h3-4,6-7H,2,5,8-13,19H2,1H3. The highest BCUT2D eigenvalue weighted by Crippen LogP contribution is 2.17. The molecule has 0 aromatic heterocycles. The Kier molecular flexibility index (Phi) is 5.17. The molecule has 0 fully saturated rings. The summed E-state index contributed by atoms with van der Waals surface area (Å²) in [4.78, 5) is 2.51. The fourth-order valence-electron chi connectivity index (χ4n) is 2.87. The Morgan fingerprint density at radius 3 is 2.35 bits per heavy atom. The van der Waals surface area contributed by atoms with Crippen molar-refractivity contribution in [3.8, 4) is 6.07 Å². The number of hydrogen-bond donors (Lipinski definition) is 1. The summed E-state index contributed by atoms with van der Waals surface area (Å²) in [5.74, 6) is 0. The molecule has 2 N–H and O–H groups in total. The van der Waals surface area contributed by atoms with Crippen molar-refractivity contribution in [2.24, 2.45) is 5.73 Å². The van der Waals surface area contributed by atoms with Gasteiger partial charge in [0.2, 0.25) is 0 Å². The van der Waals surface area contributed by atoms with Gasteiger partial charge in [0.25, 0.3) is 0 Å². The van der Waals surface area contributed by atoms with Crippen LogP contribution in [0.4, 0.5) is 0 Å². The monoisotopic (exact) mass is 271 g/mol. The van der Waals surface area contributed by atoms with Crippen LogP contribution in [0.1, 0.15) is 37.3 Å². The first-order valence-electron chi connectivity index (χ1n) is 7.66. The zero-order valence-electron chi connectivity index (χ0n) is 12.4. The van der Waals surface area contributed by atoms with Crippen molar-refractivity contribution in [1.29, 1.82) is 5.26 Å². The summed E-state index contributed by atoms with van der Waals surface area (Å²) < 4.78 is 0. The van der Waals surface area contributed by atoms with Crippen LogP contribution in [-0.4, -0.2) is 30.1 Å². The number of nitrogens with two attached hydrogens (primary N) is 1. The smallest absolute Gasteiger partial charge is 0.104 e. The van der Waals surface area contributed by atoms with Gasteiger partial charge in [0.15, 0.2) is 0 Å². The molecule has 108 valence electrons. The van der Waals surface area contributed by atoms with Crippen LogP contribution in [0.2, 0.25) is 0 Å². The largest absolute Gasteiger partial charge is 0.313 e. The van der Waals surface area contributed by atoms with Gasteiger partial charge in [0.05, 0.1) is 6.07 Å². The van der Waals surface area contributed by atoms with E-state index in [9.17, 15) is 0 Å². The van der Waals surface area contributed by atoms with Crippen LogP contribution in [0.25, 0.3) is 0 Å². The Hall–Kier alpha value is -1.37. The van der Waals surface area contributed by atoms with E-state index >= 15 is 0 Å². The van der Waals surface area contributed by atoms with Gasteiger partial charge in [-0.3, -0.25) is 0 Å². The van der Waals surface area contributed by atoms with Gasteiger partial charge in [0.1, 0.15) is 5.54 Å². The molecule has 0 spiro atoms. The molecule has 1 aromatic rings. The van der Waals surface area contributed by atoms with Gasteiger partial charge in [-0.15, -0.1) is 0 Å². The molecule has 1 unspecified atom stereocenters. The first kappa shape index (κ1) is 15.0. The second-order valence-electron chi connectivity index (χ2n) is 5.84. The molecular formula is C17H25N3. The van der Waals surface area contributed by atoms with E-state index in [0.717, 1.165) is 51.7 Å². The second-order valence-corrected chi connectivity index (χ2v) is 5.84. The molecule has 1 atom stereocenters. The van der Waals surface area contributed by atoms with Gasteiger partial charge >= 0.3 is 0 Å². The average molecular weight is 271 g/mol. The third-order valence-electron chi connectivity index (χ3n) is 4.46. The molecule has 1 aromatic carbocycles. The van der Waals surface area contributed by atoms with Crippen LogP contribution < -0.4 is 5.73 Å². The van der Waals surface area contributed by atoms with E-state index in [-0.39, 0.29) is 0 Å². The SMILES string of the molecule is CCC(N)(C#N)CCCN1CCc2ccccc2CC1. The lowest BCUT2D eigenvalue weighted by molar-refractivity contribution is 0.272. The minimum atomic E-state index is -0.630. The van der Waals surface area contributed by atoms with Crippen LogP contribution in [0, 0.1) is 11.3 Å². The van der Waals surface area contributed by atoms with E-state index in [1.54, 1.807) is 0 Å². The molecule has 3 heteroatoms. The maximum absolute atomic E-state index is 9.10. The number of hydrogen-bond acceptors (Lipinski definition) is 3. The number of nitrogens with zero attached hydrogens (tertiary/aromatic N) is 2. The molecule has 1 heterocycles. The zero-order chi connectivity index (χ0) is 14.4. The molecule has 0 saturated heterocycles. The summed E-state index contributed by atoms with van der Waals surface area (Å²) >= 11 is 0. The predicted molar refractivity (Wildman–Crippen MR) is 82.3 cm³/mol. The van der Waals surface area contributed by atoms with Crippen molar-refractivity contribution in [1.82, 2.24) is 4.90 Å². The van der Waals surface area contributed by atoms with Crippen LogP contribution in [0.3, 0.4) is 0 Å². The maximum Gasteiger partial charge on any atom is 0.104 e. The minimum absolute atomic E-state index is 0.630. The second kappa shape index (κ2) is 6.88. The van der Waals surface area contributed by atoms with Crippen LogP contribution in [0.15, 0.2) is 24.3 Å². The predicted octanol–water partition coefficient (Wildman–Crippen LogP) is 2.50. The molecule has 20 heavy (non-hydrogen) atoms. The summed E-state index contributed by atoms with van der Waals surface area (Å²) in [6, 6.07) is 11.0. The van der Waals surface area contributed by atoms with Crippen LogP contribution in [0.5, 0.6) is 0 Å². The molecule has 3 nitrogen and oxygen atoms in total. The number of nitriles is 1. The van der Waals surface area contributed by atoms with E-state index in [2.05, 4.69) is 35.2 Å². The van der Waals surface area contributed by atoms with Crippen LogP contribution in [-0.2, 0) is 12.8 Å². The summed E-state index contributed by atoms with van der Waals surface area (Å²) in [5, 5.41) is 9.10. The Balaban J connectivity index is 1.81. The molecule has 0 saturated carbocycles. The highest BCUT2D eigenvalue weighted by molar-refractivity contribution is 5.28. The fraction of sp³-hybridized carbons (Fsp3) is 0.588. The molecule has 0 aliphatic carbocycles. The number of rotatable bonds is 5. The zero-order valence-corrected chi connectivity index (χ0v) is 12.4. The lowest BCUT2D eigenvalue weighted by atomic mass is 9.93. The Morgan fingerprint density at radius 1 is 1.25 bits per heavy atom. The number of fused-ring (bicyclic) bond motifs is 1. The molecule has 1 aliphatic heterocycles. The summed E-state index contributed by atoms with van der Waals surface area (Å²) in [6.45, 7) is 5.28. The van der Waals surface area contributed by atoms with E-state index in [1.807, 2.05) is 6.92 Å². The Morgan fingerprint density at radius 2 is 1.85 bits per heavy atom. The lowest BCUT2D eigenvalue weighted by Gasteiger charge is -2.23. The quantitative estimate of drug-likeness (QED) is 0.895. The van der Waals surface area contributed by atoms with E-state index < -0.39 is 5.54 Å². The van der Waals surface area contributed by atoms with Gasteiger partial charge in [-0.25, -0.2) is 0 Å². The summed E-state index contributed by atoms with van der Waals surface area (Å²) in [7, 11) is 0. The maximum atomic E-state index is 9.10. The topological polar surface area (TPSA) is 53.1 Å². The van der Waals surface area contributed by atoms with E-state index in [4.69, 9.17) is 11.0 Å². The molecule has 0 bridgehead atoms. The normalized spacial score (nSPS) is 18.6. The first-order valence-corrected chi connectivity index (χ1v) is 7.66. The van der Waals surface area contributed by atoms with Gasteiger partial charge in [-0.05, 0) is 49.8 Å². The van der Waals surface area contributed by atoms with Crippen molar-refractivity contribution < 1.29 is 0 Å². The van der Waals surface area contributed by atoms with Crippen molar-refractivity contribution >= 4 is 0 Å². The molecular weight excluding hydrogens is 246 g/mol. The Bertz CT molecular complexity index is 450. The van der Waals surface area contributed by atoms with Crippen LogP contribution >= 0.6 is 0 Å². The molecule has 2 rings (SSSR count). The van der Waals surface area contributed by atoms with Gasteiger partial charge < -0.3 is 10.6 Å². The minimum Gasteiger partial charge on any atom is -0.313 e. The summed E-state index contributed by atoms with van der Waals surface area (Å²) in [6.07, 6.45) is 4.80. The van der Waals surface area contributed by atoms with E-state index in [1.165, 1.54) is 11.1 Å². The third-order valence-corrected chi connectivity index (χ3v) is 4.46. The molecule has 0 radical (unpaired) electrons. The van der Waals surface area contributed by atoms with E-state index in [0.29, 0.717) is 0 Å². The summed E-state index contributed by atoms with van der Waals surface area (Å²) in [5.41, 5.74) is 8.39. The van der Waals surface area contributed by atoms with Crippen molar-refractivity contribution in [2.75, 3.05) is 19.6 Å². The fourth-order valence-corrected chi connectivity index (χ4v) is 2.87.